The summed E-state index contributed by atoms with van der Waals surface area (Å²) in [6.45, 7) is 15.0. The van der Waals surface area contributed by atoms with Gasteiger partial charge in [-0.2, -0.15) is 0 Å². The first-order valence-electron chi connectivity index (χ1n) is 7.54. The van der Waals surface area contributed by atoms with E-state index in [9.17, 15) is 0 Å². The Labute approximate surface area is 136 Å². The lowest BCUT2D eigenvalue weighted by molar-refractivity contribution is 1.41. The Morgan fingerprint density at radius 2 is 0.955 bits per heavy atom. The van der Waals surface area contributed by atoms with Gasteiger partial charge in [-0.05, 0) is 49.9 Å². The highest BCUT2D eigenvalue weighted by Gasteiger charge is 2.02. The van der Waals surface area contributed by atoms with E-state index in [0.29, 0.717) is 0 Å². The number of hydrogen-bond donors (Lipinski definition) is 0. The molecule has 0 fully saturated rings. The normalized spacial score (nSPS) is 9.09. The molecule has 0 aromatic heterocycles. The molecule has 0 N–H and O–H groups in total. The highest BCUT2D eigenvalue weighted by atomic mass is 14.1. The Kier molecular flexibility index (Phi) is 11.1. The van der Waals surface area contributed by atoms with E-state index in [1.807, 2.05) is 26.0 Å². The minimum atomic E-state index is 1.34. The zero-order valence-corrected chi connectivity index (χ0v) is 14.3. The third kappa shape index (κ3) is 7.44. The summed E-state index contributed by atoms with van der Waals surface area (Å²) in [5, 5.41) is 0. The molecule has 22 heavy (non-hydrogen) atoms. The molecule has 2 aromatic rings. The SMILES string of the molecule is C/C=C\C.C=CC=C.Cc1ccccc1-c1ccccc1C. The summed E-state index contributed by atoms with van der Waals surface area (Å²) in [5.41, 5.74) is 5.35. The first-order valence-corrected chi connectivity index (χ1v) is 7.54. The van der Waals surface area contributed by atoms with E-state index < -0.39 is 0 Å². The van der Waals surface area contributed by atoms with Crippen molar-refractivity contribution in [1.29, 1.82) is 0 Å². The Morgan fingerprint density at radius 3 is 1.18 bits per heavy atom. The standard InChI is InChI=1S/C14H14.C4H8.C4H6/c1-11-7-3-5-9-13(11)14-10-6-4-8-12(14)2;2*1-3-4-2/h3-10H,1-2H3;3-4H,1-2H3;3-4H,1-2H2/b;4-3-;. The largest absolute Gasteiger partial charge is 0.0991 e. The van der Waals surface area contributed by atoms with E-state index in [0.717, 1.165) is 0 Å². The summed E-state index contributed by atoms with van der Waals surface area (Å²) < 4.78 is 0. The average Bonchev–Trinajstić information content (AvgIpc) is 2.56. The fourth-order valence-electron chi connectivity index (χ4n) is 1.75. The van der Waals surface area contributed by atoms with Crippen LogP contribution in [0.25, 0.3) is 11.1 Å². The maximum atomic E-state index is 3.36. The van der Waals surface area contributed by atoms with Crippen molar-refractivity contribution in [3.63, 3.8) is 0 Å². The zero-order valence-electron chi connectivity index (χ0n) is 14.3. The first kappa shape index (κ1) is 19.7. The molecule has 0 unspecified atom stereocenters. The van der Waals surface area contributed by atoms with Gasteiger partial charge in [0.15, 0.2) is 0 Å². The molecule has 116 valence electrons. The summed E-state index contributed by atoms with van der Waals surface area (Å²) in [6.07, 6.45) is 7.28. The van der Waals surface area contributed by atoms with Crippen molar-refractivity contribution < 1.29 is 0 Å². The second kappa shape index (κ2) is 12.4. The van der Waals surface area contributed by atoms with Crippen LogP contribution in [0.5, 0.6) is 0 Å². The molecule has 0 bridgehead atoms. The Morgan fingerprint density at radius 1 is 0.636 bits per heavy atom. The van der Waals surface area contributed by atoms with Gasteiger partial charge in [-0.1, -0.05) is 86.0 Å². The molecule has 0 nitrogen and oxygen atoms in total. The van der Waals surface area contributed by atoms with E-state index in [1.165, 1.54) is 22.3 Å². The molecule has 2 rings (SSSR count). The Bertz CT molecular complexity index is 535. The van der Waals surface area contributed by atoms with Crippen molar-refractivity contribution in [2.24, 2.45) is 0 Å². The molecule has 0 amide bonds. The molecule has 0 saturated carbocycles. The summed E-state index contributed by atoms with van der Waals surface area (Å²) in [5.74, 6) is 0. The maximum Gasteiger partial charge on any atom is -0.0152 e. The van der Waals surface area contributed by atoms with Crippen LogP contribution in [0.3, 0.4) is 0 Å². The molecule has 0 aliphatic carbocycles. The van der Waals surface area contributed by atoms with Crippen molar-refractivity contribution in [3.8, 4) is 11.1 Å². The monoisotopic (exact) mass is 292 g/mol. The van der Waals surface area contributed by atoms with E-state index in [4.69, 9.17) is 0 Å². The molecule has 0 saturated heterocycles. The summed E-state index contributed by atoms with van der Waals surface area (Å²) in [7, 11) is 0. The molecule has 2 aromatic carbocycles. The van der Waals surface area contributed by atoms with Crippen molar-refractivity contribution in [3.05, 3.63) is 97.1 Å². The molecule has 0 aliphatic heterocycles. The van der Waals surface area contributed by atoms with Gasteiger partial charge >= 0.3 is 0 Å². The van der Waals surface area contributed by atoms with Gasteiger partial charge in [-0.15, -0.1) is 0 Å². The molecule has 0 spiro atoms. The third-order valence-corrected chi connectivity index (χ3v) is 3.08. The summed E-state index contributed by atoms with van der Waals surface area (Å²) in [6, 6.07) is 17.0. The molecular weight excluding hydrogens is 264 g/mol. The van der Waals surface area contributed by atoms with Crippen molar-refractivity contribution in [1.82, 2.24) is 0 Å². The minimum absolute atomic E-state index is 1.34. The maximum absolute atomic E-state index is 3.36. The van der Waals surface area contributed by atoms with Gasteiger partial charge in [0.05, 0.1) is 0 Å². The van der Waals surface area contributed by atoms with Gasteiger partial charge in [-0.3, -0.25) is 0 Å². The number of allylic oxidation sites excluding steroid dienone is 4. The lowest BCUT2D eigenvalue weighted by Gasteiger charge is -2.08. The van der Waals surface area contributed by atoms with Gasteiger partial charge < -0.3 is 0 Å². The van der Waals surface area contributed by atoms with Gasteiger partial charge in [-0.25, -0.2) is 0 Å². The lowest BCUT2D eigenvalue weighted by atomic mass is 9.97. The fraction of sp³-hybridized carbons (Fsp3) is 0.182. The number of benzene rings is 2. The predicted octanol–water partition coefficient (Wildman–Crippen LogP) is 6.91. The zero-order chi connectivity index (χ0) is 16.8. The molecule has 0 heterocycles. The summed E-state index contributed by atoms with van der Waals surface area (Å²) in [4.78, 5) is 0. The van der Waals surface area contributed by atoms with Crippen molar-refractivity contribution >= 4 is 0 Å². The molecule has 0 atom stereocenters. The topological polar surface area (TPSA) is 0 Å². The smallest absolute Gasteiger partial charge is 0.0152 e. The molecule has 0 radical (unpaired) electrons. The van der Waals surface area contributed by atoms with Crippen LogP contribution in [-0.2, 0) is 0 Å². The molecular formula is C22H28. The summed E-state index contributed by atoms with van der Waals surface area (Å²) >= 11 is 0. The minimum Gasteiger partial charge on any atom is -0.0991 e. The predicted molar refractivity (Wildman–Crippen MR) is 102 cm³/mol. The van der Waals surface area contributed by atoms with Gasteiger partial charge in [0.2, 0.25) is 0 Å². The van der Waals surface area contributed by atoms with Crippen LogP contribution in [0.15, 0.2) is 86.0 Å². The first-order chi connectivity index (χ1) is 10.6. The van der Waals surface area contributed by atoms with Crippen LogP contribution < -0.4 is 0 Å². The van der Waals surface area contributed by atoms with Crippen LogP contribution in [0, 0.1) is 13.8 Å². The molecule has 0 aliphatic rings. The van der Waals surface area contributed by atoms with Gasteiger partial charge in [0, 0.05) is 0 Å². The lowest BCUT2D eigenvalue weighted by Crippen LogP contribution is -1.85. The van der Waals surface area contributed by atoms with Crippen LogP contribution in [0.2, 0.25) is 0 Å². The average molecular weight is 292 g/mol. The Balaban J connectivity index is 0.000000464. The quantitative estimate of drug-likeness (QED) is 0.416. The molecule has 0 heteroatoms. The second-order valence-corrected chi connectivity index (χ2v) is 4.77. The highest BCUT2D eigenvalue weighted by molar-refractivity contribution is 5.70. The van der Waals surface area contributed by atoms with E-state index in [-0.39, 0.29) is 0 Å². The van der Waals surface area contributed by atoms with Gasteiger partial charge in [0.25, 0.3) is 0 Å². The van der Waals surface area contributed by atoms with Crippen LogP contribution in [0.4, 0.5) is 0 Å². The number of rotatable bonds is 2. The van der Waals surface area contributed by atoms with Crippen molar-refractivity contribution in [2.45, 2.75) is 27.7 Å². The van der Waals surface area contributed by atoms with Crippen LogP contribution in [0.1, 0.15) is 25.0 Å². The number of aryl methyl sites for hydroxylation is 2. The van der Waals surface area contributed by atoms with Crippen LogP contribution in [-0.4, -0.2) is 0 Å². The fourth-order valence-corrected chi connectivity index (χ4v) is 1.75. The third-order valence-electron chi connectivity index (χ3n) is 3.08. The van der Waals surface area contributed by atoms with E-state index >= 15 is 0 Å². The van der Waals surface area contributed by atoms with Crippen molar-refractivity contribution in [2.75, 3.05) is 0 Å². The highest BCUT2D eigenvalue weighted by Crippen LogP contribution is 2.25. The van der Waals surface area contributed by atoms with Gasteiger partial charge in [0.1, 0.15) is 0 Å². The number of hydrogen-bond acceptors (Lipinski definition) is 0. The van der Waals surface area contributed by atoms with Crippen LogP contribution >= 0.6 is 0 Å². The van der Waals surface area contributed by atoms with E-state index in [1.54, 1.807) is 12.2 Å². The second-order valence-electron chi connectivity index (χ2n) is 4.77. The Hall–Kier alpha value is -2.34. The van der Waals surface area contributed by atoms with E-state index in [2.05, 4.69) is 75.5 Å².